The van der Waals surface area contributed by atoms with Crippen molar-refractivity contribution >= 4 is 0 Å². The molecule has 1 nitrogen and oxygen atoms in total. The van der Waals surface area contributed by atoms with Crippen molar-refractivity contribution in [2.75, 3.05) is 20.1 Å². The van der Waals surface area contributed by atoms with Crippen molar-refractivity contribution in [3.63, 3.8) is 0 Å². The van der Waals surface area contributed by atoms with E-state index in [1.807, 2.05) is 0 Å². The van der Waals surface area contributed by atoms with Crippen molar-refractivity contribution in [1.82, 2.24) is 4.90 Å². The van der Waals surface area contributed by atoms with E-state index in [1.165, 1.54) is 32.4 Å². The van der Waals surface area contributed by atoms with Crippen molar-refractivity contribution in [3.05, 3.63) is 0 Å². The molecule has 0 amide bonds. The molecular weight excluding hydrogens is 182 g/mol. The molecule has 1 saturated heterocycles. The maximum absolute atomic E-state index is 2.54. The summed E-state index contributed by atoms with van der Waals surface area (Å²) >= 11 is 0. The molecule has 1 aliphatic rings. The van der Waals surface area contributed by atoms with Gasteiger partial charge in [0.15, 0.2) is 0 Å². The Morgan fingerprint density at radius 3 is 2.07 bits per heavy atom. The smallest absolute Gasteiger partial charge is 0.00118 e. The molecule has 1 heteroatoms. The van der Waals surface area contributed by atoms with Crippen LogP contribution in [0.25, 0.3) is 0 Å². The fourth-order valence-corrected chi connectivity index (χ4v) is 3.10. The summed E-state index contributed by atoms with van der Waals surface area (Å²) in [5.74, 6) is 3.52. The van der Waals surface area contributed by atoms with E-state index < -0.39 is 0 Å². The maximum atomic E-state index is 2.54. The van der Waals surface area contributed by atoms with E-state index in [2.05, 4.69) is 39.6 Å². The molecule has 15 heavy (non-hydrogen) atoms. The minimum Gasteiger partial charge on any atom is -0.306 e. The summed E-state index contributed by atoms with van der Waals surface area (Å²) in [5.41, 5.74) is 0. The van der Waals surface area contributed by atoms with Gasteiger partial charge in [0.2, 0.25) is 0 Å². The Morgan fingerprint density at radius 1 is 0.933 bits per heavy atom. The first kappa shape index (κ1) is 13.0. The predicted molar refractivity (Wildman–Crippen MR) is 68.0 cm³/mol. The SMILES string of the molecule is CC(C)C1CCCCN(C)CC1C(C)C. The Labute approximate surface area is 96.2 Å². The number of rotatable bonds is 2. The third kappa shape index (κ3) is 3.79. The molecule has 0 aliphatic carbocycles. The van der Waals surface area contributed by atoms with Crippen LogP contribution in [0, 0.1) is 23.7 Å². The molecule has 0 radical (unpaired) electrons. The molecule has 1 heterocycles. The summed E-state index contributed by atoms with van der Waals surface area (Å²) in [7, 11) is 2.29. The minimum atomic E-state index is 0.831. The van der Waals surface area contributed by atoms with Gasteiger partial charge in [-0.3, -0.25) is 0 Å². The molecule has 2 unspecified atom stereocenters. The Balaban J connectivity index is 2.69. The Hall–Kier alpha value is -0.0400. The molecule has 2 atom stereocenters. The fourth-order valence-electron chi connectivity index (χ4n) is 3.10. The Kier molecular flexibility index (Phi) is 5.11. The highest BCUT2D eigenvalue weighted by Crippen LogP contribution is 2.33. The molecule has 0 bridgehead atoms. The largest absolute Gasteiger partial charge is 0.306 e. The van der Waals surface area contributed by atoms with Gasteiger partial charge in [0.1, 0.15) is 0 Å². The minimum absolute atomic E-state index is 0.831. The van der Waals surface area contributed by atoms with Gasteiger partial charge >= 0.3 is 0 Å². The highest BCUT2D eigenvalue weighted by Gasteiger charge is 2.28. The number of likely N-dealkylation sites (tertiary alicyclic amines) is 1. The third-order valence-electron chi connectivity index (χ3n) is 4.11. The highest BCUT2D eigenvalue weighted by molar-refractivity contribution is 4.79. The average Bonchev–Trinajstić information content (AvgIpc) is 2.10. The first-order valence-electron chi connectivity index (χ1n) is 6.71. The molecular formula is C14H29N. The van der Waals surface area contributed by atoms with E-state index in [9.17, 15) is 0 Å². The van der Waals surface area contributed by atoms with Crippen LogP contribution in [0.4, 0.5) is 0 Å². The molecule has 0 aromatic heterocycles. The molecule has 1 fully saturated rings. The molecule has 0 aromatic rings. The summed E-state index contributed by atoms with van der Waals surface area (Å²) in [6, 6.07) is 0. The second-order valence-corrected chi connectivity index (χ2v) is 6.07. The van der Waals surface area contributed by atoms with E-state index in [-0.39, 0.29) is 0 Å². The first-order chi connectivity index (χ1) is 7.02. The molecule has 0 N–H and O–H groups in total. The van der Waals surface area contributed by atoms with Crippen LogP contribution in [0.15, 0.2) is 0 Å². The lowest BCUT2D eigenvalue weighted by molar-refractivity contribution is 0.113. The van der Waals surface area contributed by atoms with Gasteiger partial charge < -0.3 is 4.90 Å². The third-order valence-corrected chi connectivity index (χ3v) is 4.11. The van der Waals surface area contributed by atoms with Crippen molar-refractivity contribution in [2.45, 2.75) is 47.0 Å². The zero-order valence-corrected chi connectivity index (χ0v) is 11.3. The van der Waals surface area contributed by atoms with Gasteiger partial charge in [0.05, 0.1) is 0 Å². The lowest BCUT2D eigenvalue weighted by Gasteiger charge is -2.38. The van der Waals surface area contributed by atoms with Crippen molar-refractivity contribution < 1.29 is 0 Å². The van der Waals surface area contributed by atoms with Crippen LogP contribution in [0.1, 0.15) is 47.0 Å². The standard InChI is InChI=1S/C14H29N/c1-11(2)13-8-6-7-9-15(5)10-14(13)12(3)4/h11-14H,6-10H2,1-5H3. The molecule has 0 saturated carbocycles. The van der Waals surface area contributed by atoms with Crippen molar-refractivity contribution in [1.29, 1.82) is 0 Å². The summed E-state index contributed by atoms with van der Waals surface area (Å²) in [6.07, 6.45) is 4.27. The molecule has 0 spiro atoms. The van der Waals surface area contributed by atoms with Crippen LogP contribution < -0.4 is 0 Å². The lowest BCUT2D eigenvalue weighted by atomic mass is 9.73. The van der Waals surface area contributed by atoms with Crippen LogP contribution in [-0.2, 0) is 0 Å². The monoisotopic (exact) mass is 211 g/mol. The van der Waals surface area contributed by atoms with E-state index in [4.69, 9.17) is 0 Å². The van der Waals surface area contributed by atoms with Gasteiger partial charge in [-0.25, -0.2) is 0 Å². The summed E-state index contributed by atoms with van der Waals surface area (Å²) in [4.78, 5) is 2.54. The number of hydrogen-bond donors (Lipinski definition) is 0. The number of nitrogens with zero attached hydrogens (tertiary/aromatic N) is 1. The Morgan fingerprint density at radius 2 is 1.53 bits per heavy atom. The fraction of sp³-hybridized carbons (Fsp3) is 1.00. The van der Waals surface area contributed by atoms with Crippen LogP contribution in [0.5, 0.6) is 0 Å². The zero-order chi connectivity index (χ0) is 11.4. The van der Waals surface area contributed by atoms with Gasteiger partial charge in [0, 0.05) is 6.54 Å². The molecule has 1 rings (SSSR count). The van der Waals surface area contributed by atoms with Crippen LogP contribution in [0.3, 0.4) is 0 Å². The van der Waals surface area contributed by atoms with Crippen molar-refractivity contribution in [2.24, 2.45) is 23.7 Å². The maximum Gasteiger partial charge on any atom is 0.00118 e. The zero-order valence-electron chi connectivity index (χ0n) is 11.3. The quantitative estimate of drug-likeness (QED) is 0.674. The van der Waals surface area contributed by atoms with Gasteiger partial charge in [-0.2, -0.15) is 0 Å². The van der Waals surface area contributed by atoms with Crippen molar-refractivity contribution in [3.8, 4) is 0 Å². The topological polar surface area (TPSA) is 3.24 Å². The Bertz CT molecular complexity index is 174. The van der Waals surface area contributed by atoms with Gasteiger partial charge in [-0.05, 0) is 50.1 Å². The number of hydrogen-bond acceptors (Lipinski definition) is 1. The normalized spacial score (nSPS) is 30.6. The first-order valence-corrected chi connectivity index (χ1v) is 6.71. The van der Waals surface area contributed by atoms with Crippen LogP contribution in [0.2, 0.25) is 0 Å². The molecule has 1 aliphatic heterocycles. The van der Waals surface area contributed by atoms with E-state index in [1.54, 1.807) is 0 Å². The second-order valence-electron chi connectivity index (χ2n) is 6.07. The average molecular weight is 211 g/mol. The second kappa shape index (κ2) is 5.89. The van der Waals surface area contributed by atoms with E-state index in [0.29, 0.717) is 0 Å². The highest BCUT2D eigenvalue weighted by atomic mass is 15.1. The summed E-state index contributed by atoms with van der Waals surface area (Å²) < 4.78 is 0. The van der Waals surface area contributed by atoms with E-state index >= 15 is 0 Å². The summed E-state index contributed by atoms with van der Waals surface area (Å²) in [5, 5.41) is 0. The molecule has 90 valence electrons. The predicted octanol–water partition coefficient (Wildman–Crippen LogP) is 3.65. The van der Waals surface area contributed by atoms with Crippen LogP contribution >= 0.6 is 0 Å². The van der Waals surface area contributed by atoms with Crippen LogP contribution in [-0.4, -0.2) is 25.0 Å². The van der Waals surface area contributed by atoms with Gasteiger partial charge in [0.25, 0.3) is 0 Å². The molecule has 0 aromatic carbocycles. The van der Waals surface area contributed by atoms with Gasteiger partial charge in [-0.15, -0.1) is 0 Å². The lowest BCUT2D eigenvalue weighted by Crippen LogP contribution is -2.37. The van der Waals surface area contributed by atoms with E-state index in [0.717, 1.165) is 23.7 Å². The summed E-state index contributed by atoms with van der Waals surface area (Å²) in [6.45, 7) is 12.2. The van der Waals surface area contributed by atoms with Gasteiger partial charge in [-0.1, -0.05) is 34.1 Å².